The molecule has 1 aliphatic heterocycles. The molecule has 19 heavy (non-hydrogen) atoms. The molecule has 0 aromatic carbocycles. The summed E-state index contributed by atoms with van der Waals surface area (Å²) in [5, 5.41) is 8.41. The zero-order valence-corrected chi connectivity index (χ0v) is 11.0. The molecule has 1 fully saturated rings. The van der Waals surface area contributed by atoms with E-state index in [4.69, 9.17) is 5.11 Å². The van der Waals surface area contributed by atoms with Gasteiger partial charge >= 0.3 is 12.1 Å². The van der Waals surface area contributed by atoms with Gasteiger partial charge in [0.15, 0.2) is 0 Å². The molecule has 0 aromatic heterocycles. The highest BCUT2D eigenvalue weighted by Gasteiger charge is 2.42. The number of piperidine rings is 1. The molecule has 5 nitrogen and oxygen atoms in total. The maximum Gasteiger partial charge on any atom is 0.391 e. The van der Waals surface area contributed by atoms with Gasteiger partial charge in [-0.1, -0.05) is 0 Å². The first kappa shape index (κ1) is 16.2. The molecule has 0 amide bonds. The summed E-state index contributed by atoms with van der Waals surface area (Å²) in [6.45, 7) is -0.306. The quantitative estimate of drug-likeness (QED) is 0.834. The number of nitrogens with zero attached hydrogens (tertiary/aromatic N) is 1. The van der Waals surface area contributed by atoms with Crippen molar-refractivity contribution >= 4 is 16.0 Å². The van der Waals surface area contributed by atoms with Crippen LogP contribution in [0.2, 0.25) is 0 Å². The largest absolute Gasteiger partial charge is 0.481 e. The van der Waals surface area contributed by atoms with Crippen LogP contribution in [0.4, 0.5) is 13.2 Å². The molecule has 0 atom stereocenters. The van der Waals surface area contributed by atoms with Crippen LogP contribution < -0.4 is 0 Å². The van der Waals surface area contributed by atoms with Gasteiger partial charge in [-0.15, -0.1) is 0 Å². The van der Waals surface area contributed by atoms with E-state index in [1.807, 2.05) is 0 Å². The zero-order valence-electron chi connectivity index (χ0n) is 10.2. The van der Waals surface area contributed by atoms with Crippen LogP contribution in [-0.4, -0.2) is 48.8 Å². The topological polar surface area (TPSA) is 74.7 Å². The third-order valence-corrected chi connectivity index (χ3v) is 5.06. The number of carboxylic acids is 1. The lowest BCUT2D eigenvalue weighted by molar-refractivity contribution is -0.182. The lowest BCUT2D eigenvalue weighted by Crippen LogP contribution is -2.43. The summed E-state index contributed by atoms with van der Waals surface area (Å²) in [5.41, 5.74) is 0. The monoisotopic (exact) mass is 303 g/mol. The number of hydrogen-bond acceptors (Lipinski definition) is 3. The molecule has 0 aliphatic carbocycles. The van der Waals surface area contributed by atoms with Crippen molar-refractivity contribution < 1.29 is 31.5 Å². The highest BCUT2D eigenvalue weighted by molar-refractivity contribution is 7.89. The summed E-state index contributed by atoms with van der Waals surface area (Å²) < 4.78 is 61.8. The predicted molar refractivity (Wildman–Crippen MR) is 61.0 cm³/mol. The average molecular weight is 303 g/mol. The van der Waals surface area contributed by atoms with E-state index in [0.717, 1.165) is 4.31 Å². The number of aliphatic carboxylic acids is 1. The van der Waals surface area contributed by atoms with Crippen LogP contribution in [0.5, 0.6) is 0 Å². The van der Waals surface area contributed by atoms with Crippen LogP contribution in [0.25, 0.3) is 0 Å². The van der Waals surface area contributed by atoms with Crippen LogP contribution in [0.15, 0.2) is 0 Å². The van der Waals surface area contributed by atoms with Crippen molar-refractivity contribution in [2.24, 2.45) is 5.92 Å². The van der Waals surface area contributed by atoms with Crippen LogP contribution in [0, 0.1) is 5.92 Å². The minimum absolute atomic E-state index is 0.0309. The maximum atomic E-state index is 12.4. The molecule has 1 rings (SSSR count). The Morgan fingerprint density at radius 1 is 1.26 bits per heavy atom. The van der Waals surface area contributed by atoms with Crippen molar-refractivity contribution in [3.05, 3.63) is 0 Å². The second-order valence-electron chi connectivity index (χ2n) is 4.53. The molecule has 0 radical (unpaired) electrons. The maximum absolute atomic E-state index is 12.4. The summed E-state index contributed by atoms with van der Waals surface area (Å²) in [5.74, 6) is -2.88. The second kappa shape index (κ2) is 6.08. The van der Waals surface area contributed by atoms with Gasteiger partial charge in [0.25, 0.3) is 0 Å². The molecule has 0 saturated carbocycles. The first-order valence-electron chi connectivity index (χ1n) is 5.89. The molecule has 1 saturated heterocycles. The van der Waals surface area contributed by atoms with Crippen molar-refractivity contribution in [1.29, 1.82) is 0 Å². The van der Waals surface area contributed by atoms with Gasteiger partial charge in [-0.05, 0) is 19.3 Å². The normalized spacial score (nSPS) is 19.5. The van der Waals surface area contributed by atoms with Gasteiger partial charge in [-0.25, -0.2) is 12.7 Å². The van der Waals surface area contributed by atoms with E-state index >= 15 is 0 Å². The number of carboxylic acid groups (broad SMARTS) is 1. The Kier molecular flexibility index (Phi) is 5.19. The Bertz CT molecular complexity index is 413. The third kappa shape index (κ3) is 4.98. The van der Waals surface area contributed by atoms with Gasteiger partial charge in [0.1, 0.15) is 0 Å². The van der Waals surface area contributed by atoms with Crippen molar-refractivity contribution in [3.63, 3.8) is 0 Å². The number of carbonyl (C=O) groups is 1. The molecule has 9 heteroatoms. The summed E-state index contributed by atoms with van der Waals surface area (Å²) in [6, 6.07) is 0. The van der Waals surface area contributed by atoms with Gasteiger partial charge in [0.05, 0.1) is 11.7 Å². The van der Waals surface area contributed by atoms with E-state index in [1.54, 1.807) is 0 Å². The molecule has 112 valence electrons. The van der Waals surface area contributed by atoms with Gasteiger partial charge < -0.3 is 5.11 Å². The first-order chi connectivity index (χ1) is 8.63. The Morgan fingerprint density at radius 3 is 2.21 bits per heavy atom. The molecule has 0 spiro atoms. The Morgan fingerprint density at radius 2 is 1.79 bits per heavy atom. The minimum Gasteiger partial charge on any atom is -0.481 e. The van der Waals surface area contributed by atoms with E-state index in [0.29, 0.717) is 0 Å². The van der Waals surface area contributed by atoms with E-state index in [-0.39, 0.29) is 44.5 Å². The van der Waals surface area contributed by atoms with E-state index in [1.165, 1.54) is 0 Å². The Hall–Kier alpha value is -0.830. The lowest BCUT2D eigenvalue weighted by atomic mass is 9.98. The van der Waals surface area contributed by atoms with Crippen LogP contribution in [0.1, 0.15) is 25.7 Å². The van der Waals surface area contributed by atoms with E-state index < -0.39 is 28.1 Å². The molecule has 1 aliphatic rings. The minimum atomic E-state index is -4.28. The molecular formula is C10H16F3NO4S. The van der Waals surface area contributed by atoms with Gasteiger partial charge in [-0.2, -0.15) is 13.2 Å². The molecule has 1 heterocycles. The number of hydrogen-bond donors (Lipinski definition) is 1. The van der Waals surface area contributed by atoms with Crippen molar-refractivity contribution in [1.82, 2.24) is 4.31 Å². The molecule has 0 aromatic rings. The first-order valence-corrected chi connectivity index (χ1v) is 7.50. The van der Waals surface area contributed by atoms with E-state index in [2.05, 4.69) is 0 Å². The third-order valence-electron chi connectivity index (χ3n) is 3.10. The van der Waals surface area contributed by atoms with Crippen molar-refractivity contribution in [3.8, 4) is 0 Å². The molecular weight excluding hydrogens is 287 g/mol. The van der Waals surface area contributed by atoms with Crippen molar-refractivity contribution in [2.45, 2.75) is 31.9 Å². The summed E-state index contributed by atoms with van der Waals surface area (Å²) in [6.07, 6.45) is -5.04. The number of halogens is 3. The average Bonchev–Trinajstić information content (AvgIpc) is 2.27. The van der Waals surface area contributed by atoms with Crippen LogP contribution in [0.3, 0.4) is 0 Å². The highest BCUT2D eigenvalue weighted by Crippen LogP contribution is 2.34. The highest BCUT2D eigenvalue weighted by atomic mass is 32.2. The fourth-order valence-electron chi connectivity index (χ4n) is 2.00. The fourth-order valence-corrected chi connectivity index (χ4v) is 3.53. The fraction of sp³-hybridized carbons (Fsp3) is 0.900. The summed E-state index contributed by atoms with van der Waals surface area (Å²) in [4.78, 5) is 10.3. The Labute approximate surface area is 109 Å². The van der Waals surface area contributed by atoms with Crippen molar-refractivity contribution in [2.75, 3.05) is 18.8 Å². The molecule has 0 unspecified atom stereocenters. The predicted octanol–water partition coefficient (Wildman–Crippen LogP) is 1.46. The van der Waals surface area contributed by atoms with Gasteiger partial charge in [-0.3, -0.25) is 4.79 Å². The standard InChI is InChI=1S/C10H16F3NO4S/c11-10(12,13)8-3-5-14(6-4-8)19(17,18)7-1-2-9(15)16/h8H,1-7H2,(H,15,16). The lowest BCUT2D eigenvalue weighted by Gasteiger charge is -2.32. The summed E-state index contributed by atoms with van der Waals surface area (Å²) in [7, 11) is -3.65. The van der Waals surface area contributed by atoms with E-state index in [9.17, 15) is 26.4 Å². The smallest absolute Gasteiger partial charge is 0.391 e. The molecule has 1 N–H and O–H groups in total. The number of alkyl halides is 3. The zero-order chi connectivity index (χ0) is 14.7. The second-order valence-corrected chi connectivity index (χ2v) is 6.62. The summed E-state index contributed by atoms with van der Waals surface area (Å²) >= 11 is 0. The molecule has 0 bridgehead atoms. The SMILES string of the molecule is O=C(O)CCCS(=O)(=O)N1CCC(C(F)(F)F)CC1. The van der Waals surface area contributed by atoms with Gasteiger partial charge in [0.2, 0.25) is 10.0 Å². The number of rotatable bonds is 5. The van der Waals surface area contributed by atoms with Gasteiger partial charge in [0, 0.05) is 19.5 Å². The number of sulfonamides is 1. The van der Waals surface area contributed by atoms with Crippen LogP contribution in [-0.2, 0) is 14.8 Å². The van der Waals surface area contributed by atoms with Crippen LogP contribution >= 0.6 is 0 Å². The Balaban J connectivity index is 2.48.